The molecule has 3 rings (SSSR count). The Bertz CT molecular complexity index is 971. The number of piperidine rings is 1. The zero-order valence-electron chi connectivity index (χ0n) is 17.5. The monoisotopic (exact) mass is 407 g/mol. The summed E-state index contributed by atoms with van der Waals surface area (Å²) in [7, 11) is 1.59. The molecule has 1 saturated heterocycles. The van der Waals surface area contributed by atoms with Crippen LogP contribution in [0.4, 0.5) is 0 Å². The van der Waals surface area contributed by atoms with Gasteiger partial charge in [-0.25, -0.2) is 4.98 Å². The lowest BCUT2D eigenvalue weighted by Crippen LogP contribution is -2.41. The molecule has 0 spiro atoms. The average molecular weight is 407 g/mol. The van der Waals surface area contributed by atoms with Gasteiger partial charge < -0.3 is 14.4 Å². The number of esters is 1. The Morgan fingerprint density at radius 2 is 1.90 bits per heavy atom. The lowest BCUT2D eigenvalue weighted by Gasteiger charge is -2.30. The quantitative estimate of drug-likeness (QED) is 0.706. The summed E-state index contributed by atoms with van der Waals surface area (Å²) in [4.78, 5) is 31.1. The number of hydrogen-bond donors (Lipinski definition) is 0. The van der Waals surface area contributed by atoms with Crippen LogP contribution in [0.15, 0.2) is 30.3 Å². The Morgan fingerprint density at radius 1 is 1.23 bits per heavy atom. The molecule has 1 aromatic heterocycles. The highest BCUT2D eigenvalue weighted by molar-refractivity contribution is 5.94. The van der Waals surface area contributed by atoms with Gasteiger partial charge in [-0.3, -0.25) is 9.59 Å². The van der Waals surface area contributed by atoms with Crippen LogP contribution in [0.25, 0.3) is 11.1 Å². The van der Waals surface area contributed by atoms with Crippen molar-refractivity contribution in [3.8, 4) is 22.9 Å². The van der Waals surface area contributed by atoms with Crippen LogP contribution in [0.1, 0.15) is 41.5 Å². The van der Waals surface area contributed by atoms with Crippen LogP contribution in [0, 0.1) is 24.2 Å². The summed E-state index contributed by atoms with van der Waals surface area (Å²) in [6.45, 7) is 4.83. The van der Waals surface area contributed by atoms with Crippen molar-refractivity contribution >= 4 is 11.9 Å². The number of hydrogen-bond acceptors (Lipinski definition) is 6. The molecule has 156 valence electrons. The molecule has 2 aromatic rings. The SMILES string of the molecule is CCOC(=O)C1CCN(C(=O)c2cc(-c3ccc(OC)cc3)c(C#N)c(C)n2)CC1. The predicted octanol–water partition coefficient (Wildman–Crippen LogP) is 3.35. The van der Waals surface area contributed by atoms with E-state index in [0.717, 1.165) is 5.56 Å². The van der Waals surface area contributed by atoms with Gasteiger partial charge in [0, 0.05) is 18.7 Å². The molecule has 0 atom stereocenters. The lowest BCUT2D eigenvalue weighted by molar-refractivity contribution is -0.149. The molecule has 1 aromatic carbocycles. The summed E-state index contributed by atoms with van der Waals surface area (Å²) in [5.74, 6) is 0.154. The molecule has 0 N–H and O–H groups in total. The van der Waals surface area contributed by atoms with E-state index < -0.39 is 0 Å². The van der Waals surface area contributed by atoms with Crippen molar-refractivity contribution in [3.05, 3.63) is 47.3 Å². The first kappa shape index (κ1) is 21.3. The van der Waals surface area contributed by atoms with E-state index in [-0.39, 0.29) is 17.8 Å². The highest BCUT2D eigenvalue weighted by atomic mass is 16.5. The maximum absolute atomic E-state index is 13.1. The number of carbonyl (C=O) groups excluding carboxylic acids is 2. The van der Waals surface area contributed by atoms with E-state index in [1.807, 2.05) is 24.3 Å². The summed E-state index contributed by atoms with van der Waals surface area (Å²) in [5.41, 5.74) is 2.73. The summed E-state index contributed by atoms with van der Waals surface area (Å²) in [5, 5.41) is 9.61. The number of aryl methyl sites for hydroxylation is 1. The molecule has 7 nitrogen and oxygen atoms in total. The number of aromatic nitrogens is 1. The van der Waals surface area contributed by atoms with Crippen LogP contribution < -0.4 is 4.74 Å². The number of amides is 1. The molecule has 0 bridgehead atoms. The largest absolute Gasteiger partial charge is 0.497 e. The Morgan fingerprint density at radius 3 is 2.47 bits per heavy atom. The molecule has 1 aliphatic rings. The first-order valence-electron chi connectivity index (χ1n) is 10.0. The van der Waals surface area contributed by atoms with Gasteiger partial charge in [0.15, 0.2) is 0 Å². The molecule has 7 heteroatoms. The molecular formula is C23H25N3O4. The number of benzene rings is 1. The van der Waals surface area contributed by atoms with Gasteiger partial charge in [-0.05, 0) is 50.5 Å². The first-order chi connectivity index (χ1) is 14.5. The Hall–Kier alpha value is -3.40. The molecule has 0 unspecified atom stereocenters. The fourth-order valence-electron chi connectivity index (χ4n) is 3.66. The topological polar surface area (TPSA) is 92.5 Å². The van der Waals surface area contributed by atoms with Gasteiger partial charge in [-0.1, -0.05) is 12.1 Å². The number of nitriles is 1. The second-order valence-electron chi connectivity index (χ2n) is 7.17. The standard InChI is InChI=1S/C23H25N3O4/c1-4-30-23(28)17-9-11-26(12-10-17)22(27)21-13-19(20(14-24)15(2)25-21)16-5-7-18(29-3)8-6-16/h5-8,13,17H,4,9-12H2,1-3H3. The van der Waals surface area contributed by atoms with Crippen LogP contribution in [-0.2, 0) is 9.53 Å². The maximum atomic E-state index is 13.1. The first-order valence-corrected chi connectivity index (χ1v) is 10.0. The molecule has 0 radical (unpaired) electrons. The fourth-order valence-corrected chi connectivity index (χ4v) is 3.66. The lowest BCUT2D eigenvalue weighted by atomic mass is 9.96. The number of pyridine rings is 1. The molecule has 1 aliphatic heterocycles. The summed E-state index contributed by atoms with van der Waals surface area (Å²) in [6, 6.07) is 11.2. The Balaban J connectivity index is 1.84. The molecular weight excluding hydrogens is 382 g/mol. The summed E-state index contributed by atoms with van der Waals surface area (Å²) >= 11 is 0. The van der Waals surface area contributed by atoms with Crippen molar-refractivity contribution in [1.29, 1.82) is 5.26 Å². The minimum atomic E-state index is -0.196. The normalized spacial score (nSPS) is 14.1. The third-order valence-electron chi connectivity index (χ3n) is 5.33. The van der Waals surface area contributed by atoms with E-state index in [0.29, 0.717) is 60.8 Å². The van der Waals surface area contributed by atoms with Crippen LogP contribution in [0.2, 0.25) is 0 Å². The van der Waals surface area contributed by atoms with Crippen molar-refractivity contribution in [2.24, 2.45) is 5.92 Å². The number of nitrogens with zero attached hydrogens (tertiary/aromatic N) is 3. The maximum Gasteiger partial charge on any atom is 0.309 e. The molecule has 0 saturated carbocycles. The minimum absolute atomic E-state index is 0.167. The zero-order valence-corrected chi connectivity index (χ0v) is 17.5. The smallest absolute Gasteiger partial charge is 0.309 e. The summed E-state index contributed by atoms with van der Waals surface area (Å²) < 4.78 is 10.3. The second-order valence-corrected chi connectivity index (χ2v) is 7.17. The van der Waals surface area contributed by atoms with Crippen molar-refractivity contribution in [3.63, 3.8) is 0 Å². The van der Waals surface area contributed by atoms with Gasteiger partial charge in [0.05, 0.1) is 30.9 Å². The van der Waals surface area contributed by atoms with Crippen molar-refractivity contribution in [2.45, 2.75) is 26.7 Å². The van der Waals surface area contributed by atoms with Gasteiger partial charge in [-0.2, -0.15) is 5.26 Å². The molecule has 30 heavy (non-hydrogen) atoms. The number of methoxy groups -OCH3 is 1. The van der Waals surface area contributed by atoms with Gasteiger partial charge in [0.2, 0.25) is 0 Å². The fraction of sp³-hybridized carbons (Fsp3) is 0.391. The Kier molecular flexibility index (Phi) is 6.68. The number of rotatable bonds is 5. The van der Waals surface area contributed by atoms with Gasteiger partial charge in [0.1, 0.15) is 17.5 Å². The molecule has 1 fully saturated rings. The molecule has 0 aliphatic carbocycles. The van der Waals surface area contributed by atoms with Crippen molar-refractivity contribution in [2.75, 3.05) is 26.8 Å². The zero-order chi connectivity index (χ0) is 21.7. The van der Waals surface area contributed by atoms with E-state index in [1.165, 1.54) is 0 Å². The van der Waals surface area contributed by atoms with E-state index in [1.54, 1.807) is 31.9 Å². The van der Waals surface area contributed by atoms with E-state index in [9.17, 15) is 14.9 Å². The predicted molar refractivity (Wildman–Crippen MR) is 111 cm³/mol. The third kappa shape index (κ3) is 4.43. The van der Waals surface area contributed by atoms with E-state index in [4.69, 9.17) is 9.47 Å². The highest BCUT2D eigenvalue weighted by Gasteiger charge is 2.29. The van der Waals surface area contributed by atoms with E-state index >= 15 is 0 Å². The van der Waals surface area contributed by atoms with Crippen LogP contribution in [0.3, 0.4) is 0 Å². The molecule has 1 amide bonds. The van der Waals surface area contributed by atoms with Crippen molar-refractivity contribution < 1.29 is 19.1 Å². The average Bonchev–Trinajstić information content (AvgIpc) is 2.78. The van der Waals surface area contributed by atoms with Crippen LogP contribution in [-0.4, -0.2) is 48.6 Å². The van der Waals surface area contributed by atoms with Gasteiger partial charge in [-0.15, -0.1) is 0 Å². The van der Waals surface area contributed by atoms with Crippen LogP contribution >= 0.6 is 0 Å². The van der Waals surface area contributed by atoms with Gasteiger partial charge in [0.25, 0.3) is 5.91 Å². The van der Waals surface area contributed by atoms with Crippen molar-refractivity contribution in [1.82, 2.24) is 9.88 Å². The third-order valence-corrected chi connectivity index (χ3v) is 5.33. The Labute approximate surface area is 176 Å². The van der Waals surface area contributed by atoms with Gasteiger partial charge >= 0.3 is 5.97 Å². The number of ether oxygens (including phenoxy) is 2. The second kappa shape index (κ2) is 9.40. The minimum Gasteiger partial charge on any atom is -0.497 e. The summed E-state index contributed by atoms with van der Waals surface area (Å²) in [6.07, 6.45) is 1.15. The number of carbonyl (C=O) groups is 2. The highest BCUT2D eigenvalue weighted by Crippen LogP contribution is 2.29. The van der Waals surface area contributed by atoms with Crippen LogP contribution in [0.5, 0.6) is 5.75 Å². The molecule has 2 heterocycles. The number of likely N-dealkylation sites (tertiary alicyclic amines) is 1. The van der Waals surface area contributed by atoms with E-state index in [2.05, 4.69) is 11.1 Å².